The Bertz CT molecular complexity index is 1070. The van der Waals surface area contributed by atoms with Gasteiger partial charge < -0.3 is 15.4 Å². The van der Waals surface area contributed by atoms with E-state index in [0.29, 0.717) is 12.1 Å². The second kappa shape index (κ2) is 11.7. The largest absolute Gasteiger partial charge is 0.445 e. The van der Waals surface area contributed by atoms with Gasteiger partial charge in [-0.25, -0.2) is 28.0 Å². The van der Waals surface area contributed by atoms with Gasteiger partial charge in [0.25, 0.3) is 0 Å². The van der Waals surface area contributed by atoms with Gasteiger partial charge in [-0.2, -0.15) is 0 Å². The molecule has 3 rings (SSSR count). The molecule has 8 nitrogen and oxygen atoms in total. The predicted octanol–water partition coefficient (Wildman–Crippen LogP) is 2.61. The molecule has 2 aromatic rings. The molecule has 1 saturated heterocycles. The number of carbonyl (C=O) groups is 3. The highest BCUT2D eigenvalue weighted by Crippen LogP contribution is 2.17. The number of hydrogen-bond donors (Lipinski definition) is 1. The van der Waals surface area contributed by atoms with Crippen molar-refractivity contribution in [1.82, 2.24) is 14.9 Å². The number of nitrogens with two attached hydrogens (primary N) is 1. The molecular formula is C24H27F3N4O4. The number of benzene rings is 2. The average Bonchev–Trinajstić information content (AvgIpc) is 3.05. The zero-order valence-electron chi connectivity index (χ0n) is 19.3. The summed E-state index contributed by atoms with van der Waals surface area (Å²) < 4.78 is 45.9. The molecule has 35 heavy (non-hydrogen) atoms. The maximum atomic E-state index is 13.9. The van der Waals surface area contributed by atoms with E-state index >= 15 is 0 Å². The van der Waals surface area contributed by atoms with Crippen LogP contribution in [0.3, 0.4) is 0 Å². The highest BCUT2D eigenvalue weighted by atomic mass is 19.2. The van der Waals surface area contributed by atoms with Crippen LogP contribution in [0.1, 0.15) is 24.5 Å². The molecular weight excluding hydrogens is 465 g/mol. The van der Waals surface area contributed by atoms with Crippen LogP contribution in [0.25, 0.3) is 0 Å². The fraction of sp³-hybridized carbons (Fsp3) is 0.375. The zero-order chi connectivity index (χ0) is 25.5. The van der Waals surface area contributed by atoms with Crippen molar-refractivity contribution in [3.63, 3.8) is 0 Å². The Morgan fingerprint density at radius 1 is 0.943 bits per heavy atom. The minimum Gasteiger partial charge on any atom is -0.445 e. The Balaban J connectivity index is 1.60. The Hall–Kier alpha value is -3.60. The van der Waals surface area contributed by atoms with Gasteiger partial charge in [0.2, 0.25) is 11.8 Å². The van der Waals surface area contributed by atoms with Gasteiger partial charge in [-0.15, -0.1) is 0 Å². The summed E-state index contributed by atoms with van der Waals surface area (Å²) in [5.74, 6) is -4.41. The highest BCUT2D eigenvalue weighted by Gasteiger charge is 2.31. The summed E-state index contributed by atoms with van der Waals surface area (Å²) in [5, 5.41) is 2.42. The molecule has 0 saturated carbocycles. The maximum Gasteiger partial charge on any atom is 0.410 e. The first-order valence-corrected chi connectivity index (χ1v) is 11.1. The number of hydrazine groups is 1. The first-order chi connectivity index (χ1) is 16.7. The van der Waals surface area contributed by atoms with Gasteiger partial charge in [0.1, 0.15) is 12.4 Å². The van der Waals surface area contributed by atoms with E-state index in [0.717, 1.165) is 5.56 Å². The predicted molar refractivity (Wildman–Crippen MR) is 120 cm³/mol. The van der Waals surface area contributed by atoms with E-state index in [4.69, 9.17) is 10.5 Å². The van der Waals surface area contributed by atoms with Crippen molar-refractivity contribution in [3.8, 4) is 0 Å². The lowest BCUT2D eigenvalue weighted by Gasteiger charge is -2.32. The molecule has 0 unspecified atom stereocenters. The third-order valence-electron chi connectivity index (χ3n) is 5.58. The first kappa shape index (κ1) is 26.0. The summed E-state index contributed by atoms with van der Waals surface area (Å²) in [4.78, 5) is 39.1. The molecule has 2 N–H and O–H groups in total. The zero-order valence-corrected chi connectivity index (χ0v) is 19.3. The molecule has 1 fully saturated rings. The third-order valence-corrected chi connectivity index (χ3v) is 5.58. The fourth-order valence-electron chi connectivity index (χ4n) is 3.77. The van der Waals surface area contributed by atoms with Crippen molar-refractivity contribution in [1.29, 1.82) is 0 Å². The molecule has 2 aromatic carbocycles. The van der Waals surface area contributed by atoms with E-state index in [1.165, 1.54) is 21.8 Å². The van der Waals surface area contributed by atoms with Gasteiger partial charge in [-0.3, -0.25) is 9.59 Å². The number of hydrogen-bond acceptors (Lipinski definition) is 5. The van der Waals surface area contributed by atoms with Crippen LogP contribution in [-0.4, -0.2) is 65.0 Å². The van der Waals surface area contributed by atoms with E-state index in [1.807, 2.05) is 30.3 Å². The number of ether oxygens (including phenoxy) is 1. The summed E-state index contributed by atoms with van der Waals surface area (Å²) in [6.45, 7) is 1.74. The van der Waals surface area contributed by atoms with Gasteiger partial charge in [0.05, 0.1) is 13.1 Å². The van der Waals surface area contributed by atoms with Crippen LogP contribution >= 0.6 is 0 Å². The molecule has 3 amide bonds. The van der Waals surface area contributed by atoms with Gasteiger partial charge in [0.15, 0.2) is 11.6 Å². The molecule has 0 aromatic heterocycles. The van der Waals surface area contributed by atoms with E-state index in [9.17, 15) is 27.6 Å². The van der Waals surface area contributed by atoms with Crippen LogP contribution in [0.4, 0.5) is 18.0 Å². The number of nitrogens with zero attached hydrogens (tertiary/aromatic N) is 3. The summed E-state index contributed by atoms with van der Waals surface area (Å²) in [7, 11) is 0. The lowest BCUT2D eigenvalue weighted by molar-refractivity contribution is -0.161. The number of rotatable bonds is 6. The standard InChI is InChI=1S/C24H27F3N4O4/c1-16(32)30-9-7-29(24(34)35-15-17-5-3-2-4-6-17)8-10-31(30)23(33)13-19(28)11-18-12-21(26)22(27)14-20(18)25/h2-6,12,14,19H,7-11,13,15,28H2,1H3/t19-/m1/s1. The molecule has 0 bridgehead atoms. The fourth-order valence-corrected chi connectivity index (χ4v) is 3.77. The molecule has 0 aliphatic carbocycles. The second-order valence-electron chi connectivity index (χ2n) is 8.21. The van der Waals surface area contributed by atoms with Crippen LogP contribution in [-0.2, 0) is 27.4 Å². The van der Waals surface area contributed by atoms with Crippen molar-refractivity contribution in [2.75, 3.05) is 26.2 Å². The lowest BCUT2D eigenvalue weighted by atomic mass is 10.0. The molecule has 11 heteroatoms. The van der Waals surface area contributed by atoms with Crippen LogP contribution in [0, 0.1) is 17.5 Å². The average molecular weight is 492 g/mol. The number of halogens is 3. The summed E-state index contributed by atoms with van der Waals surface area (Å²) in [6.07, 6.45) is -1.06. The topological polar surface area (TPSA) is 96.2 Å². The van der Waals surface area contributed by atoms with Crippen molar-refractivity contribution in [3.05, 3.63) is 71.0 Å². The van der Waals surface area contributed by atoms with Crippen LogP contribution < -0.4 is 5.73 Å². The maximum absolute atomic E-state index is 13.9. The Labute approximate surface area is 201 Å². The van der Waals surface area contributed by atoms with Gasteiger partial charge >= 0.3 is 6.09 Å². The SMILES string of the molecule is CC(=O)N1CCN(C(=O)OCc2ccccc2)CCN1C(=O)C[C@H](N)Cc1cc(F)c(F)cc1F. The monoisotopic (exact) mass is 492 g/mol. The molecule has 1 heterocycles. The summed E-state index contributed by atoms with van der Waals surface area (Å²) >= 11 is 0. The smallest absolute Gasteiger partial charge is 0.410 e. The van der Waals surface area contributed by atoms with Crippen molar-refractivity contribution < 1.29 is 32.3 Å². The third kappa shape index (κ3) is 6.95. The van der Waals surface area contributed by atoms with Crippen LogP contribution in [0.5, 0.6) is 0 Å². The number of carbonyl (C=O) groups excluding carboxylic acids is 3. The minimum atomic E-state index is -1.32. The quantitative estimate of drug-likeness (QED) is 0.626. The summed E-state index contributed by atoms with van der Waals surface area (Å²) in [6, 6.07) is 9.38. The van der Waals surface area contributed by atoms with E-state index < -0.39 is 41.4 Å². The molecule has 0 spiro atoms. The van der Waals surface area contributed by atoms with Gasteiger partial charge in [0, 0.05) is 38.5 Å². The van der Waals surface area contributed by atoms with Crippen LogP contribution in [0.2, 0.25) is 0 Å². The minimum absolute atomic E-state index is 0.0190. The van der Waals surface area contributed by atoms with Crippen LogP contribution in [0.15, 0.2) is 42.5 Å². The van der Waals surface area contributed by atoms with Crippen molar-refractivity contribution in [2.45, 2.75) is 32.4 Å². The van der Waals surface area contributed by atoms with Gasteiger partial charge in [-0.05, 0) is 23.6 Å². The molecule has 1 aliphatic rings. The summed E-state index contributed by atoms with van der Waals surface area (Å²) in [5.41, 5.74) is 6.65. The second-order valence-corrected chi connectivity index (χ2v) is 8.21. The van der Waals surface area contributed by atoms with Crippen molar-refractivity contribution >= 4 is 17.9 Å². The van der Waals surface area contributed by atoms with E-state index in [2.05, 4.69) is 0 Å². The van der Waals surface area contributed by atoms with Crippen molar-refractivity contribution in [2.24, 2.45) is 5.73 Å². The van der Waals surface area contributed by atoms with Gasteiger partial charge in [-0.1, -0.05) is 30.3 Å². The lowest BCUT2D eigenvalue weighted by Crippen LogP contribution is -2.50. The normalized spacial score (nSPS) is 14.9. The number of amides is 3. The molecule has 188 valence electrons. The van der Waals surface area contributed by atoms with E-state index in [-0.39, 0.29) is 51.2 Å². The molecule has 0 radical (unpaired) electrons. The van der Waals surface area contributed by atoms with E-state index in [1.54, 1.807) is 0 Å². The Morgan fingerprint density at radius 3 is 2.23 bits per heavy atom. The molecule has 1 aliphatic heterocycles. The Kier molecular flexibility index (Phi) is 8.69. The Morgan fingerprint density at radius 2 is 1.57 bits per heavy atom. The highest BCUT2D eigenvalue weighted by molar-refractivity contribution is 5.81. The first-order valence-electron chi connectivity index (χ1n) is 11.1. The molecule has 1 atom stereocenters.